The minimum Gasteiger partial charge on any atom is -0.356 e. The van der Waals surface area contributed by atoms with Crippen molar-refractivity contribution in [2.24, 2.45) is 10.9 Å². The van der Waals surface area contributed by atoms with Crippen LogP contribution in [-0.2, 0) is 6.42 Å². The predicted octanol–water partition coefficient (Wildman–Crippen LogP) is 3.37. The molecule has 0 spiro atoms. The number of benzene rings is 1. The molecule has 4 heteroatoms. The Hall–Kier alpha value is -0.780. The highest BCUT2D eigenvalue weighted by molar-refractivity contribution is 14.0. The molecule has 1 aromatic carbocycles. The molecule has 20 heavy (non-hydrogen) atoms. The van der Waals surface area contributed by atoms with Crippen molar-refractivity contribution in [2.75, 3.05) is 20.1 Å². The number of aliphatic imine (C=N–C) groups is 1. The van der Waals surface area contributed by atoms with Crippen LogP contribution in [0.15, 0.2) is 29.3 Å². The number of nitrogens with zero attached hydrogens (tertiary/aromatic N) is 1. The summed E-state index contributed by atoms with van der Waals surface area (Å²) < 4.78 is 0. The van der Waals surface area contributed by atoms with E-state index in [1.165, 1.54) is 17.5 Å². The van der Waals surface area contributed by atoms with Gasteiger partial charge in [-0.2, -0.15) is 0 Å². The van der Waals surface area contributed by atoms with E-state index in [0.29, 0.717) is 0 Å². The van der Waals surface area contributed by atoms with Crippen LogP contribution in [0, 0.1) is 12.8 Å². The lowest BCUT2D eigenvalue weighted by Crippen LogP contribution is -2.39. The standard InChI is InChI=1S/C16H27N3.HI/c1-13(2)9-11-18-16(17-4)19-12-10-15-7-5-14(3)6-8-15;/h5-8,13H,9-12H2,1-4H3,(H2,17,18,19);1H. The molecule has 0 radical (unpaired) electrons. The number of hydrogen-bond donors (Lipinski definition) is 2. The number of guanidine groups is 1. The van der Waals surface area contributed by atoms with Gasteiger partial charge in [0.2, 0.25) is 0 Å². The molecule has 3 nitrogen and oxygen atoms in total. The molecule has 0 saturated carbocycles. The van der Waals surface area contributed by atoms with E-state index in [0.717, 1.165) is 31.4 Å². The number of aryl methyl sites for hydroxylation is 1. The maximum atomic E-state index is 4.22. The van der Waals surface area contributed by atoms with Gasteiger partial charge in [-0.3, -0.25) is 4.99 Å². The molecule has 0 saturated heterocycles. The van der Waals surface area contributed by atoms with Crippen LogP contribution in [0.25, 0.3) is 0 Å². The summed E-state index contributed by atoms with van der Waals surface area (Å²) in [5.74, 6) is 1.62. The van der Waals surface area contributed by atoms with E-state index >= 15 is 0 Å². The summed E-state index contributed by atoms with van der Waals surface area (Å²) in [6.45, 7) is 8.46. The largest absolute Gasteiger partial charge is 0.356 e. The van der Waals surface area contributed by atoms with Crippen LogP contribution in [0.3, 0.4) is 0 Å². The van der Waals surface area contributed by atoms with Crippen molar-refractivity contribution < 1.29 is 0 Å². The van der Waals surface area contributed by atoms with Crippen LogP contribution >= 0.6 is 24.0 Å². The van der Waals surface area contributed by atoms with Crippen molar-refractivity contribution in [1.29, 1.82) is 0 Å². The normalized spacial score (nSPS) is 11.2. The minimum atomic E-state index is 0. The quantitative estimate of drug-likeness (QED) is 0.445. The Kier molecular flexibility index (Phi) is 10.5. The highest BCUT2D eigenvalue weighted by Crippen LogP contribution is 2.03. The van der Waals surface area contributed by atoms with E-state index in [-0.39, 0.29) is 24.0 Å². The van der Waals surface area contributed by atoms with Crippen LogP contribution in [0.5, 0.6) is 0 Å². The average molecular weight is 389 g/mol. The number of halogens is 1. The zero-order valence-corrected chi connectivity index (χ0v) is 15.4. The van der Waals surface area contributed by atoms with Crippen LogP contribution in [0.1, 0.15) is 31.4 Å². The SMILES string of the molecule is CN=C(NCCc1ccc(C)cc1)NCCC(C)C.I. The fourth-order valence-corrected chi connectivity index (χ4v) is 1.78. The van der Waals surface area contributed by atoms with Gasteiger partial charge in [-0.15, -0.1) is 24.0 Å². The van der Waals surface area contributed by atoms with E-state index in [4.69, 9.17) is 0 Å². The zero-order chi connectivity index (χ0) is 14.1. The summed E-state index contributed by atoms with van der Waals surface area (Å²) in [5, 5.41) is 6.68. The monoisotopic (exact) mass is 389 g/mol. The predicted molar refractivity (Wildman–Crippen MR) is 99.1 cm³/mol. The number of nitrogens with one attached hydrogen (secondary N) is 2. The summed E-state index contributed by atoms with van der Waals surface area (Å²) in [4.78, 5) is 4.22. The molecule has 0 aliphatic heterocycles. The lowest BCUT2D eigenvalue weighted by Gasteiger charge is -2.12. The third-order valence-corrected chi connectivity index (χ3v) is 3.06. The third kappa shape index (κ3) is 8.40. The number of hydrogen-bond acceptors (Lipinski definition) is 1. The molecule has 0 atom stereocenters. The van der Waals surface area contributed by atoms with Gasteiger partial charge in [-0.05, 0) is 31.2 Å². The lowest BCUT2D eigenvalue weighted by molar-refractivity contribution is 0.573. The van der Waals surface area contributed by atoms with Crippen LogP contribution in [-0.4, -0.2) is 26.1 Å². The highest BCUT2D eigenvalue weighted by atomic mass is 127. The van der Waals surface area contributed by atoms with Crippen molar-refractivity contribution in [1.82, 2.24) is 10.6 Å². The molecule has 0 bridgehead atoms. The van der Waals surface area contributed by atoms with Gasteiger partial charge in [0.05, 0.1) is 0 Å². The topological polar surface area (TPSA) is 36.4 Å². The van der Waals surface area contributed by atoms with Crippen molar-refractivity contribution >= 4 is 29.9 Å². The third-order valence-electron chi connectivity index (χ3n) is 3.06. The molecule has 0 aromatic heterocycles. The van der Waals surface area contributed by atoms with Crippen LogP contribution in [0.4, 0.5) is 0 Å². The Morgan fingerprint density at radius 1 is 1.10 bits per heavy atom. The summed E-state index contributed by atoms with van der Waals surface area (Å²) in [5.41, 5.74) is 2.67. The van der Waals surface area contributed by atoms with Crippen molar-refractivity contribution in [3.63, 3.8) is 0 Å². The Labute approximate surface area is 140 Å². The van der Waals surface area contributed by atoms with Gasteiger partial charge in [-0.25, -0.2) is 0 Å². The smallest absolute Gasteiger partial charge is 0.190 e. The maximum absolute atomic E-state index is 4.22. The highest BCUT2D eigenvalue weighted by Gasteiger charge is 1.99. The summed E-state index contributed by atoms with van der Waals surface area (Å²) in [6, 6.07) is 8.69. The molecular weight excluding hydrogens is 361 g/mol. The molecule has 0 unspecified atom stereocenters. The summed E-state index contributed by atoms with van der Waals surface area (Å²) in [7, 11) is 1.82. The fourth-order valence-electron chi connectivity index (χ4n) is 1.78. The molecule has 0 heterocycles. The Bertz CT molecular complexity index is 385. The second kappa shape index (κ2) is 10.9. The molecule has 1 aromatic rings. The lowest BCUT2D eigenvalue weighted by atomic mass is 10.1. The first-order valence-electron chi connectivity index (χ1n) is 7.12. The summed E-state index contributed by atoms with van der Waals surface area (Å²) in [6.07, 6.45) is 2.18. The maximum Gasteiger partial charge on any atom is 0.190 e. The van der Waals surface area contributed by atoms with Gasteiger partial charge in [0.15, 0.2) is 5.96 Å². The second-order valence-electron chi connectivity index (χ2n) is 5.34. The fraction of sp³-hybridized carbons (Fsp3) is 0.562. The van der Waals surface area contributed by atoms with Gasteiger partial charge in [-0.1, -0.05) is 43.7 Å². The first kappa shape index (κ1) is 19.2. The van der Waals surface area contributed by atoms with Crippen LogP contribution < -0.4 is 10.6 Å². The Balaban J connectivity index is 0.00000361. The van der Waals surface area contributed by atoms with E-state index in [2.05, 4.69) is 60.7 Å². The van der Waals surface area contributed by atoms with Gasteiger partial charge < -0.3 is 10.6 Å². The van der Waals surface area contributed by atoms with Gasteiger partial charge in [0.1, 0.15) is 0 Å². The first-order chi connectivity index (χ1) is 9.11. The second-order valence-corrected chi connectivity index (χ2v) is 5.34. The molecule has 0 amide bonds. The molecule has 0 aliphatic rings. The van der Waals surface area contributed by atoms with Crippen molar-refractivity contribution in [2.45, 2.75) is 33.6 Å². The molecule has 114 valence electrons. The molecular formula is C16H28IN3. The van der Waals surface area contributed by atoms with Crippen molar-refractivity contribution in [3.8, 4) is 0 Å². The van der Waals surface area contributed by atoms with Gasteiger partial charge >= 0.3 is 0 Å². The molecule has 1 rings (SSSR count). The Morgan fingerprint density at radius 2 is 1.70 bits per heavy atom. The molecule has 0 aliphatic carbocycles. The van der Waals surface area contributed by atoms with Crippen molar-refractivity contribution in [3.05, 3.63) is 35.4 Å². The average Bonchev–Trinajstić information content (AvgIpc) is 2.39. The van der Waals surface area contributed by atoms with E-state index in [1.807, 2.05) is 7.05 Å². The summed E-state index contributed by atoms with van der Waals surface area (Å²) >= 11 is 0. The Morgan fingerprint density at radius 3 is 2.25 bits per heavy atom. The van der Waals surface area contributed by atoms with Crippen LogP contribution in [0.2, 0.25) is 0 Å². The van der Waals surface area contributed by atoms with E-state index in [1.54, 1.807) is 0 Å². The van der Waals surface area contributed by atoms with E-state index < -0.39 is 0 Å². The van der Waals surface area contributed by atoms with Gasteiger partial charge in [0.25, 0.3) is 0 Å². The first-order valence-corrected chi connectivity index (χ1v) is 7.12. The van der Waals surface area contributed by atoms with Gasteiger partial charge in [0, 0.05) is 20.1 Å². The van der Waals surface area contributed by atoms with E-state index in [9.17, 15) is 0 Å². The molecule has 2 N–H and O–H groups in total. The minimum absolute atomic E-state index is 0. The number of rotatable bonds is 6. The molecule has 0 fully saturated rings. The zero-order valence-electron chi connectivity index (χ0n) is 13.1.